The standard InChI is InChI=1S/C18H22N2O6S/c1-4-24-13-8-11(6-7-12(13)26-9-14(21)22)16-15(17(23)25-5-2)10(3)19-18(27)20-16/h6-8,16H,4-5,9H2,1-3H3,(H,21,22)(H2,19,20,27)/t16-/m0/s1. The topological polar surface area (TPSA) is 106 Å². The van der Waals surface area contributed by atoms with Crippen LogP contribution in [0.25, 0.3) is 0 Å². The van der Waals surface area contributed by atoms with E-state index in [0.717, 1.165) is 0 Å². The van der Waals surface area contributed by atoms with E-state index in [-0.39, 0.29) is 6.61 Å². The fraction of sp³-hybridized carbons (Fsp3) is 0.389. The molecule has 1 aromatic rings. The van der Waals surface area contributed by atoms with Gasteiger partial charge in [-0.1, -0.05) is 6.07 Å². The summed E-state index contributed by atoms with van der Waals surface area (Å²) in [5.74, 6) is -0.858. The number of carboxylic acids is 1. The lowest BCUT2D eigenvalue weighted by Gasteiger charge is -2.30. The number of benzene rings is 1. The van der Waals surface area contributed by atoms with Crippen molar-refractivity contribution >= 4 is 29.3 Å². The largest absolute Gasteiger partial charge is 0.490 e. The van der Waals surface area contributed by atoms with Crippen molar-refractivity contribution in [2.75, 3.05) is 19.8 Å². The third kappa shape index (κ3) is 5.10. The second-order valence-electron chi connectivity index (χ2n) is 5.61. The van der Waals surface area contributed by atoms with Crippen LogP contribution in [0.1, 0.15) is 32.4 Å². The molecule has 0 saturated carbocycles. The van der Waals surface area contributed by atoms with E-state index in [0.29, 0.717) is 40.1 Å². The number of carbonyl (C=O) groups is 2. The Hall–Kier alpha value is -2.81. The molecule has 0 aromatic heterocycles. The molecule has 9 heteroatoms. The first-order valence-corrected chi connectivity index (χ1v) is 8.84. The van der Waals surface area contributed by atoms with Crippen LogP contribution in [0.4, 0.5) is 0 Å². The number of ether oxygens (including phenoxy) is 3. The highest BCUT2D eigenvalue weighted by molar-refractivity contribution is 7.80. The van der Waals surface area contributed by atoms with Crippen molar-refractivity contribution in [3.8, 4) is 11.5 Å². The predicted octanol–water partition coefficient (Wildman–Crippen LogP) is 1.90. The molecule has 0 unspecified atom stereocenters. The Morgan fingerprint density at radius 3 is 2.56 bits per heavy atom. The summed E-state index contributed by atoms with van der Waals surface area (Å²) in [7, 11) is 0. The summed E-state index contributed by atoms with van der Waals surface area (Å²) in [6.07, 6.45) is 0. The summed E-state index contributed by atoms with van der Waals surface area (Å²) in [4.78, 5) is 23.2. The van der Waals surface area contributed by atoms with E-state index >= 15 is 0 Å². The summed E-state index contributed by atoms with van der Waals surface area (Å²) < 4.78 is 16.0. The van der Waals surface area contributed by atoms with Gasteiger partial charge in [-0.05, 0) is 50.7 Å². The van der Waals surface area contributed by atoms with E-state index in [1.807, 2.05) is 0 Å². The van der Waals surface area contributed by atoms with Gasteiger partial charge >= 0.3 is 11.9 Å². The first-order chi connectivity index (χ1) is 12.9. The number of hydrogen-bond acceptors (Lipinski definition) is 6. The van der Waals surface area contributed by atoms with Gasteiger partial charge in [0.25, 0.3) is 0 Å². The number of carboxylic acid groups (broad SMARTS) is 1. The smallest absolute Gasteiger partial charge is 0.341 e. The Balaban J connectivity index is 2.42. The zero-order valence-electron chi connectivity index (χ0n) is 15.3. The molecule has 0 spiro atoms. The number of esters is 1. The molecule has 8 nitrogen and oxygen atoms in total. The lowest BCUT2D eigenvalue weighted by atomic mass is 9.95. The summed E-state index contributed by atoms with van der Waals surface area (Å²) in [5.41, 5.74) is 1.71. The number of nitrogens with one attached hydrogen (secondary N) is 2. The number of hydrogen-bond donors (Lipinski definition) is 3. The van der Waals surface area contributed by atoms with Crippen LogP contribution in [0.5, 0.6) is 11.5 Å². The fourth-order valence-corrected chi connectivity index (χ4v) is 2.93. The average Bonchev–Trinajstić information content (AvgIpc) is 2.60. The average molecular weight is 394 g/mol. The van der Waals surface area contributed by atoms with Gasteiger partial charge in [0.2, 0.25) is 0 Å². The van der Waals surface area contributed by atoms with Gasteiger partial charge in [0, 0.05) is 5.70 Å². The Labute approximate surface area is 162 Å². The van der Waals surface area contributed by atoms with Crippen molar-refractivity contribution in [3.63, 3.8) is 0 Å². The van der Waals surface area contributed by atoms with Crippen LogP contribution in [0.2, 0.25) is 0 Å². The minimum Gasteiger partial charge on any atom is -0.490 e. The quantitative estimate of drug-likeness (QED) is 0.450. The minimum absolute atomic E-state index is 0.249. The second-order valence-corrected chi connectivity index (χ2v) is 6.02. The molecule has 0 radical (unpaired) electrons. The van der Waals surface area contributed by atoms with Crippen LogP contribution < -0.4 is 20.1 Å². The lowest BCUT2D eigenvalue weighted by Crippen LogP contribution is -2.45. The molecule has 3 N–H and O–H groups in total. The Morgan fingerprint density at radius 1 is 1.19 bits per heavy atom. The van der Waals surface area contributed by atoms with E-state index in [1.165, 1.54) is 0 Å². The van der Waals surface area contributed by atoms with Crippen molar-refractivity contribution in [3.05, 3.63) is 35.0 Å². The number of carbonyl (C=O) groups excluding carboxylic acids is 1. The van der Waals surface area contributed by atoms with Crippen molar-refractivity contribution in [2.24, 2.45) is 0 Å². The van der Waals surface area contributed by atoms with Gasteiger partial charge in [0.15, 0.2) is 23.2 Å². The molecule has 0 fully saturated rings. The molecule has 0 saturated heterocycles. The second kappa shape index (κ2) is 9.22. The molecule has 2 rings (SSSR count). The van der Waals surface area contributed by atoms with E-state index in [2.05, 4.69) is 10.6 Å². The zero-order chi connectivity index (χ0) is 20.0. The van der Waals surface area contributed by atoms with Gasteiger partial charge in [-0.2, -0.15) is 0 Å². The minimum atomic E-state index is -1.09. The van der Waals surface area contributed by atoms with Crippen molar-refractivity contribution < 1.29 is 28.9 Å². The summed E-state index contributed by atoms with van der Waals surface area (Å²) in [6.45, 7) is 5.42. The molecule has 0 aliphatic carbocycles. The van der Waals surface area contributed by atoms with E-state index < -0.39 is 24.6 Å². The highest BCUT2D eigenvalue weighted by Crippen LogP contribution is 2.34. The molecule has 1 aromatic carbocycles. The molecular weight excluding hydrogens is 372 g/mol. The van der Waals surface area contributed by atoms with Gasteiger partial charge in [0.05, 0.1) is 24.8 Å². The van der Waals surface area contributed by atoms with Gasteiger partial charge in [0.1, 0.15) is 0 Å². The Morgan fingerprint density at radius 2 is 1.93 bits per heavy atom. The van der Waals surface area contributed by atoms with Gasteiger partial charge in [-0.3, -0.25) is 0 Å². The van der Waals surface area contributed by atoms with Gasteiger partial charge in [-0.15, -0.1) is 0 Å². The molecule has 1 atom stereocenters. The number of thiocarbonyl (C=S) groups is 1. The third-order valence-electron chi connectivity index (χ3n) is 3.72. The van der Waals surface area contributed by atoms with E-state index in [1.54, 1.807) is 39.0 Å². The number of rotatable bonds is 8. The van der Waals surface area contributed by atoms with Crippen LogP contribution in [-0.2, 0) is 14.3 Å². The lowest BCUT2D eigenvalue weighted by molar-refractivity contribution is -0.140. The molecule has 0 amide bonds. The Kier molecular flexibility index (Phi) is 7.00. The summed E-state index contributed by atoms with van der Waals surface area (Å²) in [6, 6.07) is 4.48. The maximum absolute atomic E-state index is 12.4. The molecule has 0 bridgehead atoms. The van der Waals surface area contributed by atoms with Gasteiger partial charge in [-0.25, -0.2) is 9.59 Å². The first kappa shape index (κ1) is 20.5. The van der Waals surface area contributed by atoms with E-state index in [4.69, 9.17) is 31.5 Å². The van der Waals surface area contributed by atoms with Crippen molar-refractivity contribution in [1.82, 2.24) is 10.6 Å². The SMILES string of the molecule is CCOC(=O)C1=C(C)NC(=S)N[C@H]1c1ccc(OCC(=O)O)c(OCC)c1. The van der Waals surface area contributed by atoms with Crippen LogP contribution in [-0.4, -0.2) is 42.0 Å². The van der Waals surface area contributed by atoms with Crippen LogP contribution in [0, 0.1) is 0 Å². The third-order valence-corrected chi connectivity index (χ3v) is 3.94. The van der Waals surface area contributed by atoms with Crippen molar-refractivity contribution in [1.29, 1.82) is 0 Å². The first-order valence-electron chi connectivity index (χ1n) is 8.44. The Bertz CT molecular complexity index is 777. The molecule has 27 heavy (non-hydrogen) atoms. The number of aliphatic carboxylic acids is 1. The van der Waals surface area contributed by atoms with Gasteiger partial charge < -0.3 is 30.0 Å². The van der Waals surface area contributed by atoms with E-state index in [9.17, 15) is 9.59 Å². The molecule has 146 valence electrons. The highest BCUT2D eigenvalue weighted by atomic mass is 32.1. The normalized spacial score (nSPS) is 16.3. The maximum Gasteiger partial charge on any atom is 0.341 e. The molecular formula is C18H22N2O6S. The summed E-state index contributed by atoms with van der Waals surface area (Å²) >= 11 is 5.21. The molecule has 1 aliphatic heterocycles. The van der Waals surface area contributed by atoms with Crippen LogP contribution in [0.3, 0.4) is 0 Å². The maximum atomic E-state index is 12.4. The highest BCUT2D eigenvalue weighted by Gasteiger charge is 2.31. The number of allylic oxidation sites excluding steroid dienone is 1. The van der Waals surface area contributed by atoms with Crippen LogP contribution >= 0.6 is 12.2 Å². The predicted molar refractivity (Wildman–Crippen MR) is 102 cm³/mol. The zero-order valence-corrected chi connectivity index (χ0v) is 16.1. The van der Waals surface area contributed by atoms with Crippen LogP contribution in [0.15, 0.2) is 29.5 Å². The summed E-state index contributed by atoms with van der Waals surface area (Å²) in [5, 5.41) is 15.2. The monoisotopic (exact) mass is 394 g/mol. The fourth-order valence-electron chi connectivity index (χ4n) is 2.65. The molecule has 1 heterocycles. The molecule has 1 aliphatic rings. The van der Waals surface area contributed by atoms with Crippen molar-refractivity contribution in [2.45, 2.75) is 26.8 Å².